The van der Waals surface area contributed by atoms with Gasteiger partial charge in [0.25, 0.3) is 0 Å². The van der Waals surface area contributed by atoms with Crippen LogP contribution in [-0.4, -0.2) is 142 Å². The van der Waals surface area contributed by atoms with Gasteiger partial charge in [-0.2, -0.15) is 0 Å². The van der Waals surface area contributed by atoms with Gasteiger partial charge in [-0.15, -0.1) is 0 Å². The van der Waals surface area contributed by atoms with Crippen molar-refractivity contribution in [3.05, 3.63) is 0 Å². The maximum atomic E-state index is 9.98. The van der Waals surface area contributed by atoms with E-state index in [-0.39, 0.29) is 87.3 Å². The molecule has 494 valence electrons. The van der Waals surface area contributed by atoms with Crippen LogP contribution in [0.15, 0.2) is 0 Å². The maximum Gasteiger partial charge on any atom is 0.154 e. The molecular weight excluding hydrogens is 935 g/mol. The highest BCUT2D eigenvalue weighted by atomic mass is 16.5. The van der Waals surface area contributed by atoms with E-state index in [1.165, 1.54) is 0 Å². The highest BCUT2D eigenvalue weighted by Gasteiger charge is 2.32. The Labute approximate surface area is 480 Å². The Balaban J connectivity index is -0.0000000168. The molecule has 12 nitrogen and oxygen atoms in total. The molecule has 1 heterocycles. The van der Waals surface area contributed by atoms with Crippen molar-refractivity contribution in [1.82, 2.24) is 4.90 Å². The summed E-state index contributed by atoms with van der Waals surface area (Å²) in [5.41, 5.74) is 0. The summed E-state index contributed by atoms with van der Waals surface area (Å²) in [5, 5.41) is 89.9. The Morgan fingerprint density at radius 3 is 0.838 bits per heavy atom. The van der Waals surface area contributed by atoms with Crippen molar-refractivity contribution in [2.45, 2.75) is 329 Å². The van der Waals surface area contributed by atoms with Crippen LogP contribution < -0.4 is 0 Å². The second kappa shape index (κ2) is 226. The first-order valence-electron chi connectivity index (χ1n) is 27.7. The monoisotopic (exact) mass is 1110 g/mol. The first kappa shape index (κ1) is 164. The average molecular weight is 1110 g/mol. The topological polar surface area (TPSA) is 226 Å². The lowest BCUT2D eigenvalue weighted by Crippen LogP contribution is -2.41. The standard InChI is InChI=1S/C14H29NO3.C12H26O2.12C2H6.6CH4O.6CH4/c1-4-12(15-7-5-6-13(15)16)9-11(14(17)18)8-10(2)3;1-6-11(8(2)3)10(5)12(14)9(4)7-13;18*1-2;;;;;;/h10-14,16-18H,4-9H2,1-3H3;8-14H,6-7H2,1-5H3;12*1-2H3;6*2H,1H3;6*1H4/t11?,12?,13-;;;;;;;;;;;;;;;;;;;;;;;;;/m0........................./s1. The lowest BCUT2D eigenvalue weighted by Gasteiger charge is -2.33. The zero-order valence-corrected chi connectivity index (χ0v) is 54.8. The van der Waals surface area contributed by atoms with Crippen molar-refractivity contribution >= 4 is 0 Å². The molecule has 1 aliphatic heterocycles. The number of aliphatic hydroxyl groups is 11. The Bertz CT molecular complexity index is 486. The molecule has 1 saturated heterocycles. The van der Waals surface area contributed by atoms with Crippen LogP contribution in [0.25, 0.3) is 0 Å². The van der Waals surface area contributed by atoms with Gasteiger partial charge >= 0.3 is 0 Å². The molecule has 0 amide bonds. The van der Waals surface area contributed by atoms with Gasteiger partial charge in [0.05, 0.1) is 6.10 Å². The van der Waals surface area contributed by atoms with Gasteiger partial charge in [-0.1, -0.05) is 273 Å². The van der Waals surface area contributed by atoms with Crippen molar-refractivity contribution in [3.63, 3.8) is 0 Å². The van der Waals surface area contributed by atoms with Gasteiger partial charge in [0.15, 0.2) is 6.29 Å². The molecule has 6 unspecified atom stereocenters. The summed E-state index contributed by atoms with van der Waals surface area (Å²) in [6.45, 7) is 65.8. The van der Waals surface area contributed by atoms with E-state index in [9.17, 15) is 20.4 Å². The van der Waals surface area contributed by atoms with E-state index in [1.807, 2.05) is 173 Å². The zero-order valence-electron chi connectivity index (χ0n) is 54.8. The van der Waals surface area contributed by atoms with Crippen LogP contribution in [0.3, 0.4) is 0 Å². The first-order valence-corrected chi connectivity index (χ1v) is 27.7. The maximum absolute atomic E-state index is 9.98. The molecule has 7 atom stereocenters. The number of nitrogens with zero attached hydrogens (tertiary/aromatic N) is 1. The van der Waals surface area contributed by atoms with E-state index in [0.717, 1.165) is 87.7 Å². The fraction of sp³-hybridized carbons (Fsp3) is 1.00. The normalized spacial score (nSPS) is 11.4. The number of hydrogen-bond donors (Lipinski definition) is 11. The Kier molecular flexibility index (Phi) is 501. The third-order valence-corrected chi connectivity index (χ3v) is 7.39. The summed E-state index contributed by atoms with van der Waals surface area (Å²) in [6.07, 6.45) is 3.51. The summed E-state index contributed by atoms with van der Waals surface area (Å²) < 4.78 is 0. The Morgan fingerprint density at radius 2 is 0.689 bits per heavy atom. The van der Waals surface area contributed by atoms with E-state index in [1.54, 1.807) is 0 Å². The highest BCUT2D eigenvalue weighted by molar-refractivity contribution is 4.81. The van der Waals surface area contributed by atoms with Crippen LogP contribution in [0.5, 0.6) is 0 Å². The molecule has 0 bridgehead atoms. The predicted molar refractivity (Wildman–Crippen MR) is 357 cm³/mol. The largest absolute Gasteiger partial charge is 0.400 e. The van der Waals surface area contributed by atoms with Gasteiger partial charge in [0, 0.05) is 73.7 Å². The van der Waals surface area contributed by atoms with Gasteiger partial charge < -0.3 is 56.2 Å². The summed E-state index contributed by atoms with van der Waals surface area (Å²) in [7, 11) is 6.00. The SMILES string of the molecule is C.C.C.C.C.C.CC.CC.CC.CC.CC.CC.CC.CC.CC.CC.CC.CC.CCC(C(C)C)C(C)C(O)C(C)CO.CCC(CC(CC(C)C)C(O)O)N1CCC[C@@H]1O.CO.CO.CO.CO.CO.CO. The minimum atomic E-state index is -1.25. The highest BCUT2D eigenvalue weighted by Crippen LogP contribution is 2.30. The summed E-state index contributed by atoms with van der Waals surface area (Å²) in [6, 6.07) is 0.257. The first-order chi connectivity index (χ1) is 32.9. The number of hydrogen-bond acceptors (Lipinski definition) is 12. The average Bonchev–Trinajstić information content (AvgIpc) is 3.90. The van der Waals surface area contributed by atoms with Crippen molar-refractivity contribution < 1.29 is 56.2 Å². The smallest absolute Gasteiger partial charge is 0.154 e. The van der Waals surface area contributed by atoms with Crippen molar-refractivity contribution in [1.29, 1.82) is 0 Å². The minimum absolute atomic E-state index is 0. The van der Waals surface area contributed by atoms with Crippen LogP contribution in [-0.2, 0) is 0 Å². The van der Waals surface area contributed by atoms with E-state index >= 15 is 0 Å². The van der Waals surface area contributed by atoms with E-state index in [4.69, 9.17) is 35.7 Å². The molecule has 0 aliphatic carbocycles. The van der Waals surface area contributed by atoms with Crippen LogP contribution >= 0.6 is 0 Å². The van der Waals surface area contributed by atoms with Gasteiger partial charge in [-0.3, -0.25) is 4.90 Å². The predicted octanol–water partition coefficient (Wildman–Crippen LogP) is 17.6. The van der Waals surface area contributed by atoms with Crippen LogP contribution in [0.1, 0.15) is 305 Å². The third-order valence-electron chi connectivity index (χ3n) is 7.39. The van der Waals surface area contributed by atoms with E-state index in [2.05, 4.69) is 53.4 Å². The molecule has 0 aromatic heterocycles. The van der Waals surface area contributed by atoms with Gasteiger partial charge in [-0.05, 0) is 55.8 Å². The van der Waals surface area contributed by atoms with Gasteiger partial charge in [0.2, 0.25) is 0 Å². The molecule has 74 heavy (non-hydrogen) atoms. The molecular formula is C62H175NO11. The van der Waals surface area contributed by atoms with Gasteiger partial charge in [-0.25, -0.2) is 0 Å². The van der Waals surface area contributed by atoms with Crippen LogP contribution in [0, 0.1) is 35.5 Å². The fourth-order valence-electron chi connectivity index (χ4n) is 5.36. The number of aliphatic hydroxyl groups excluding tert-OH is 10. The second-order valence-corrected chi connectivity index (χ2v) is 10.8. The van der Waals surface area contributed by atoms with E-state index < -0.39 is 6.29 Å². The second-order valence-electron chi connectivity index (χ2n) is 10.8. The van der Waals surface area contributed by atoms with E-state index in [0.29, 0.717) is 17.8 Å². The molecule has 0 saturated carbocycles. The lowest BCUT2D eigenvalue weighted by molar-refractivity contribution is -0.101. The Morgan fingerprint density at radius 1 is 0.432 bits per heavy atom. The molecule has 0 aromatic rings. The fourth-order valence-corrected chi connectivity index (χ4v) is 5.36. The van der Waals surface area contributed by atoms with Gasteiger partial charge in [0.1, 0.15) is 6.23 Å². The molecule has 1 rings (SSSR count). The quantitative estimate of drug-likeness (QED) is 0.0775. The summed E-state index contributed by atoms with van der Waals surface area (Å²) in [5.74, 6) is 1.75. The molecule has 11 N–H and O–H groups in total. The Hall–Kier alpha value is -0.480. The van der Waals surface area contributed by atoms with Crippen molar-refractivity contribution in [2.75, 3.05) is 55.8 Å². The van der Waals surface area contributed by atoms with Crippen molar-refractivity contribution in [3.8, 4) is 0 Å². The third kappa shape index (κ3) is 158. The summed E-state index contributed by atoms with van der Waals surface area (Å²) in [4.78, 5) is 2.12. The molecule has 1 aliphatic rings. The van der Waals surface area contributed by atoms with Crippen molar-refractivity contribution in [2.24, 2.45) is 35.5 Å². The van der Waals surface area contributed by atoms with Crippen LogP contribution in [0.2, 0.25) is 0 Å². The molecule has 0 aromatic carbocycles. The lowest BCUT2D eigenvalue weighted by atomic mass is 9.77. The summed E-state index contributed by atoms with van der Waals surface area (Å²) >= 11 is 0. The number of rotatable bonds is 13. The molecule has 0 spiro atoms. The molecule has 12 heteroatoms. The number of likely N-dealkylation sites (tertiary alicyclic amines) is 1. The molecule has 1 fully saturated rings. The zero-order chi connectivity index (χ0) is 61.0. The van der Waals surface area contributed by atoms with Crippen LogP contribution in [0.4, 0.5) is 0 Å². The molecule has 0 radical (unpaired) electrons. The minimum Gasteiger partial charge on any atom is -0.400 e.